The molecule has 0 N–H and O–H groups in total. The van der Waals surface area contributed by atoms with E-state index >= 15 is 0 Å². The van der Waals surface area contributed by atoms with Crippen LogP contribution in [0.1, 0.15) is 29.4 Å². The standard InChI is InChI=1S/C14H12F3N3O5/c15-14(16,17)12-13(25-12)18-4-6-1-7(5-18)9-3-11(20(23)24)10(19(21)22)2-8(6)9/h2-3,6-7,12-13H,1,4-5H2. The number of piperidine rings is 1. The van der Waals surface area contributed by atoms with Crippen molar-refractivity contribution in [3.05, 3.63) is 43.5 Å². The van der Waals surface area contributed by atoms with Crippen LogP contribution in [0.25, 0.3) is 0 Å². The first-order valence-electron chi connectivity index (χ1n) is 7.59. The zero-order chi connectivity index (χ0) is 18.1. The zero-order valence-corrected chi connectivity index (χ0v) is 12.6. The Morgan fingerprint density at radius 1 is 1.04 bits per heavy atom. The van der Waals surface area contributed by atoms with Gasteiger partial charge in [0, 0.05) is 25.2 Å². The molecule has 1 aliphatic carbocycles. The van der Waals surface area contributed by atoms with E-state index in [0.29, 0.717) is 17.5 Å². The molecule has 11 heteroatoms. The maximum Gasteiger partial charge on any atom is 0.418 e. The zero-order valence-electron chi connectivity index (χ0n) is 12.6. The number of ether oxygens (including phenoxy) is 1. The number of hydrogen-bond donors (Lipinski definition) is 0. The van der Waals surface area contributed by atoms with Crippen LogP contribution in [-0.2, 0) is 4.74 Å². The monoisotopic (exact) mass is 359 g/mol. The maximum atomic E-state index is 12.7. The molecule has 2 bridgehead atoms. The van der Waals surface area contributed by atoms with Crippen LogP contribution in [0.5, 0.6) is 0 Å². The van der Waals surface area contributed by atoms with Crippen molar-refractivity contribution >= 4 is 11.4 Å². The third-order valence-corrected chi connectivity index (χ3v) is 5.08. The molecule has 25 heavy (non-hydrogen) atoms. The van der Waals surface area contributed by atoms with Crippen molar-refractivity contribution in [1.29, 1.82) is 0 Å². The maximum absolute atomic E-state index is 12.7. The molecule has 1 aromatic rings. The van der Waals surface area contributed by atoms with Crippen molar-refractivity contribution in [1.82, 2.24) is 4.90 Å². The van der Waals surface area contributed by atoms with E-state index in [9.17, 15) is 33.4 Å². The first-order chi connectivity index (χ1) is 11.7. The molecule has 3 aliphatic rings. The number of benzene rings is 1. The van der Waals surface area contributed by atoms with Gasteiger partial charge in [-0.25, -0.2) is 0 Å². The van der Waals surface area contributed by atoms with Gasteiger partial charge in [0.15, 0.2) is 6.10 Å². The summed E-state index contributed by atoms with van der Waals surface area (Å²) in [5, 5.41) is 22.2. The second-order valence-electron chi connectivity index (χ2n) is 6.56. The lowest BCUT2D eigenvalue weighted by molar-refractivity contribution is -0.422. The average Bonchev–Trinajstić information content (AvgIpc) is 3.29. The molecule has 8 nitrogen and oxygen atoms in total. The average molecular weight is 359 g/mol. The van der Waals surface area contributed by atoms with Gasteiger partial charge in [0.2, 0.25) is 0 Å². The highest BCUT2D eigenvalue weighted by molar-refractivity contribution is 5.60. The van der Waals surface area contributed by atoms with Crippen molar-refractivity contribution in [2.24, 2.45) is 0 Å². The van der Waals surface area contributed by atoms with Gasteiger partial charge >= 0.3 is 17.6 Å². The minimum Gasteiger partial charge on any atom is -0.343 e. The molecule has 1 aromatic carbocycles. The minimum absolute atomic E-state index is 0.189. The van der Waals surface area contributed by atoms with Crippen LogP contribution in [0.4, 0.5) is 24.5 Å². The van der Waals surface area contributed by atoms with E-state index < -0.39 is 39.7 Å². The molecule has 0 aromatic heterocycles. The van der Waals surface area contributed by atoms with Crippen molar-refractivity contribution in [2.45, 2.75) is 36.8 Å². The topological polar surface area (TPSA) is 102 Å². The molecule has 2 saturated heterocycles. The van der Waals surface area contributed by atoms with Gasteiger partial charge in [-0.05, 0) is 29.4 Å². The fourth-order valence-corrected chi connectivity index (χ4v) is 4.02. The second-order valence-corrected chi connectivity index (χ2v) is 6.56. The molecule has 4 atom stereocenters. The molecule has 0 spiro atoms. The Morgan fingerprint density at radius 2 is 1.52 bits per heavy atom. The van der Waals surface area contributed by atoms with Crippen LogP contribution < -0.4 is 0 Å². The molecule has 2 aliphatic heterocycles. The highest BCUT2D eigenvalue weighted by Gasteiger charge is 2.61. The number of alkyl halides is 3. The first kappa shape index (κ1) is 16.2. The number of hydrogen-bond acceptors (Lipinski definition) is 6. The van der Waals surface area contributed by atoms with Gasteiger partial charge < -0.3 is 4.74 Å². The summed E-state index contributed by atoms with van der Waals surface area (Å²) >= 11 is 0. The summed E-state index contributed by atoms with van der Waals surface area (Å²) < 4.78 is 42.9. The smallest absolute Gasteiger partial charge is 0.343 e. The van der Waals surface area contributed by atoms with E-state index in [4.69, 9.17) is 4.74 Å². The van der Waals surface area contributed by atoms with Crippen LogP contribution >= 0.6 is 0 Å². The fourth-order valence-electron chi connectivity index (χ4n) is 4.02. The van der Waals surface area contributed by atoms with Crippen molar-refractivity contribution in [3.63, 3.8) is 0 Å². The predicted octanol–water partition coefficient (Wildman–Crippen LogP) is 2.68. The van der Waals surface area contributed by atoms with E-state index in [2.05, 4.69) is 0 Å². The van der Waals surface area contributed by atoms with E-state index in [-0.39, 0.29) is 24.9 Å². The van der Waals surface area contributed by atoms with Gasteiger partial charge in [-0.15, -0.1) is 0 Å². The van der Waals surface area contributed by atoms with Crippen LogP contribution in [0.15, 0.2) is 12.1 Å². The predicted molar refractivity (Wildman–Crippen MR) is 76.1 cm³/mol. The fraction of sp³-hybridized carbons (Fsp3) is 0.571. The summed E-state index contributed by atoms with van der Waals surface area (Å²) in [5.41, 5.74) is 0.0698. The number of nitrogens with zero attached hydrogens (tertiary/aromatic N) is 3. The van der Waals surface area contributed by atoms with Crippen LogP contribution in [0.2, 0.25) is 0 Å². The highest BCUT2D eigenvalue weighted by atomic mass is 19.4. The number of rotatable bonds is 3. The lowest BCUT2D eigenvalue weighted by atomic mass is 9.95. The van der Waals surface area contributed by atoms with Crippen LogP contribution in [0.3, 0.4) is 0 Å². The van der Waals surface area contributed by atoms with E-state index in [1.165, 1.54) is 12.1 Å². The Balaban J connectivity index is 1.64. The molecule has 2 heterocycles. The quantitative estimate of drug-likeness (QED) is 0.467. The van der Waals surface area contributed by atoms with E-state index in [0.717, 1.165) is 0 Å². The highest BCUT2D eigenvalue weighted by Crippen LogP contribution is 2.51. The van der Waals surface area contributed by atoms with Crippen molar-refractivity contribution < 1.29 is 27.8 Å². The third kappa shape index (κ3) is 2.54. The number of nitro groups is 2. The number of fused-ring (bicyclic) bond motifs is 5. The van der Waals surface area contributed by atoms with Crippen molar-refractivity contribution in [2.75, 3.05) is 13.1 Å². The van der Waals surface area contributed by atoms with Crippen LogP contribution in [0, 0.1) is 20.2 Å². The molecule has 134 valence electrons. The van der Waals surface area contributed by atoms with Gasteiger partial charge in [-0.1, -0.05) is 0 Å². The molecule has 0 saturated carbocycles. The Morgan fingerprint density at radius 3 is 1.88 bits per heavy atom. The molecular formula is C14H12F3N3O5. The summed E-state index contributed by atoms with van der Waals surface area (Å²) in [6.45, 7) is 0.575. The van der Waals surface area contributed by atoms with Gasteiger partial charge in [0.05, 0.1) is 9.85 Å². The second kappa shape index (κ2) is 5.11. The number of nitro benzene ring substituents is 2. The molecule has 0 radical (unpaired) electrons. The Hall–Kier alpha value is -2.27. The molecular weight excluding hydrogens is 347 g/mol. The number of epoxide rings is 1. The SMILES string of the molecule is O=[N+]([O-])c1cc2c(cc1[N+](=O)[O-])C1CC2CN(C2OC2C(F)(F)F)C1. The molecule has 0 amide bonds. The van der Waals surface area contributed by atoms with Crippen LogP contribution in [-0.4, -0.2) is 46.3 Å². The number of likely N-dealkylation sites (tertiary alicyclic amines) is 1. The lowest BCUT2D eigenvalue weighted by Crippen LogP contribution is -2.39. The molecule has 2 fully saturated rings. The van der Waals surface area contributed by atoms with Gasteiger partial charge in [0.25, 0.3) is 0 Å². The van der Waals surface area contributed by atoms with Gasteiger partial charge in [-0.2, -0.15) is 13.2 Å². The summed E-state index contributed by atoms with van der Waals surface area (Å²) in [7, 11) is 0. The summed E-state index contributed by atoms with van der Waals surface area (Å²) in [6.07, 6.45) is -6.65. The summed E-state index contributed by atoms with van der Waals surface area (Å²) in [6, 6.07) is 2.41. The molecule has 4 unspecified atom stereocenters. The number of halogens is 3. The Kier molecular flexibility index (Phi) is 3.32. The largest absolute Gasteiger partial charge is 0.418 e. The summed E-state index contributed by atoms with van der Waals surface area (Å²) in [4.78, 5) is 22.2. The van der Waals surface area contributed by atoms with Gasteiger partial charge in [0.1, 0.15) is 6.23 Å². The Labute approximate surface area is 138 Å². The normalized spacial score (nSPS) is 30.8. The van der Waals surface area contributed by atoms with E-state index in [1.54, 1.807) is 4.90 Å². The van der Waals surface area contributed by atoms with E-state index in [1.807, 2.05) is 0 Å². The minimum atomic E-state index is -4.43. The van der Waals surface area contributed by atoms with Crippen molar-refractivity contribution in [3.8, 4) is 0 Å². The first-order valence-corrected chi connectivity index (χ1v) is 7.59. The molecule has 4 rings (SSSR count). The lowest BCUT2D eigenvalue weighted by Gasteiger charge is -2.30. The summed E-state index contributed by atoms with van der Waals surface area (Å²) in [5.74, 6) is -0.377. The Bertz CT molecular complexity index is 735. The third-order valence-electron chi connectivity index (χ3n) is 5.08. The van der Waals surface area contributed by atoms with Gasteiger partial charge in [-0.3, -0.25) is 25.1 Å².